The van der Waals surface area contributed by atoms with Gasteiger partial charge in [-0.15, -0.1) is 0 Å². The third-order valence-electron chi connectivity index (χ3n) is 4.94. The van der Waals surface area contributed by atoms with Gasteiger partial charge in [-0.2, -0.15) is 0 Å². The van der Waals surface area contributed by atoms with Gasteiger partial charge in [-0.3, -0.25) is 4.79 Å². The summed E-state index contributed by atoms with van der Waals surface area (Å²) in [6.45, 7) is 9.43. The molecule has 0 saturated heterocycles. The molecule has 0 amide bonds. The molecule has 5 nitrogen and oxygen atoms in total. The molecule has 0 unspecified atom stereocenters. The first-order valence-corrected chi connectivity index (χ1v) is 10.4. The molecule has 0 bridgehead atoms. The highest BCUT2D eigenvalue weighted by Crippen LogP contribution is 2.34. The molecule has 0 radical (unpaired) electrons. The number of allylic oxidation sites excluding steroid dienone is 3. The highest BCUT2D eigenvalue weighted by molar-refractivity contribution is 5.96. The number of aromatic hydroxyl groups is 1. The lowest BCUT2D eigenvalue weighted by atomic mass is 10.1. The lowest BCUT2D eigenvalue weighted by Gasteiger charge is -2.16. The van der Waals surface area contributed by atoms with Crippen LogP contribution in [0.2, 0.25) is 0 Å². The summed E-state index contributed by atoms with van der Waals surface area (Å²) in [4.78, 5) is 12.8. The number of rotatable bonds is 10. The standard InChI is InChI=1S/C24H34N2O3/c1-6-7-15-25-20-13-9-12-19-21(20)26(5)24(28)23(22(19)27)29-16-14-18(4)11-8-10-17(2)3/h9-10,12-14,25,27H,6-8,11,15-16H2,1-5H3/b18-14+. The molecule has 1 heterocycles. The number of fused-ring (bicyclic) bond motifs is 1. The number of ether oxygens (including phenoxy) is 1. The van der Waals surface area contributed by atoms with Crippen LogP contribution in [0.5, 0.6) is 11.5 Å². The maximum atomic E-state index is 12.8. The van der Waals surface area contributed by atoms with Crippen molar-refractivity contribution in [2.24, 2.45) is 7.05 Å². The zero-order chi connectivity index (χ0) is 21.4. The van der Waals surface area contributed by atoms with Crippen molar-refractivity contribution in [2.45, 2.75) is 53.4 Å². The van der Waals surface area contributed by atoms with E-state index >= 15 is 0 Å². The number of hydrogen-bond acceptors (Lipinski definition) is 4. The predicted molar refractivity (Wildman–Crippen MR) is 122 cm³/mol. The van der Waals surface area contributed by atoms with Crippen LogP contribution in [0.1, 0.15) is 53.4 Å². The molecule has 0 atom stereocenters. The molecule has 0 aliphatic rings. The zero-order valence-corrected chi connectivity index (χ0v) is 18.3. The maximum Gasteiger partial charge on any atom is 0.297 e. The molecule has 29 heavy (non-hydrogen) atoms. The number of aryl methyl sites for hydroxylation is 1. The molecule has 2 aromatic rings. The first-order valence-electron chi connectivity index (χ1n) is 10.4. The smallest absolute Gasteiger partial charge is 0.297 e. The molecule has 5 heteroatoms. The van der Waals surface area contributed by atoms with Gasteiger partial charge < -0.3 is 19.7 Å². The summed E-state index contributed by atoms with van der Waals surface area (Å²) in [5.74, 6) is -0.100. The molecular weight excluding hydrogens is 364 g/mol. The van der Waals surface area contributed by atoms with E-state index in [0.29, 0.717) is 10.9 Å². The van der Waals surface area contributed by atoms with Crippen LogP contribution in [-0.4, -0.2) is 22.8 Å². The summed E-state index contributed by atoms with van der Waals surface area (Å²) in [5, 5.41) is 14.7. The molecule has 0 aliphatic carbocycles. The Morgan fingerprint density at radius 2 is 2.00 bits per heavy atom. The Labute approximate surface area is 173 Å². The molecular formula is C24H34N2O3. The van der Waals surface area contributed by atoms with Gasteiger partial charge in [0.25, 0.3) is 5.56 Å². The average Bonchev–Trinajstić information content (AvgIpc) is 2.68. The molecule has 2 rings (SSSR count). The van der Waals surface area contributed by atoms with E-state index in [1.807, 2.05) is 24.3 Å². The van der Waals surface area contributed by atoms with Gasteiger partial charge in [0.05, 0.1) is 11.2 Å². The van der Waals surface area contributed by atoms with Gasteiger partial charge >= 0.3 is 0 Å². The molecule has 2 N–H and O–H groups in total. The summed E-state index contributed by atoms with van der Waals surface area (Å²) in [6, 6.07) is 5.61. The van der Waals surface area contributed by atoms with E-state index in [0.717, 1.165) is 37.9 Å². The fourth-order valence-electron chi connectivity index (χ4n) is 3.20. The highest BCUT2D eigenvalue weighted by Gasteiger charge is 2.17. The summed E-state index contributed by atoms with van der Waals surface area (Å²) in [6.07, 6.45) is 8.22. The van der Waals surface area contributed by atoms with E-state index in [-0.39, 0.29) is 23.7 Å². The van der Waals surface area contributed by atoms with Crippen LogP contribution in [0.15, 0.2) is 46.3 Å². The van der Waals surface area contributed by atoms with E-state index in [4.69, 9.17) is 4.74 Å². The number of nitrogens with one attached hydrogen (secondary N) is 1. The second-order valence-corrected chi connectivity index (χ2v) is 7.71. The molecule has 0 spiro atoms. The van der Waals surface area contributed by atoms with Crippen LogP contribution in [0, 0.1) is 0 Å². The quantitative estimate of drug-likeness (QED) is 0.408. The Kier molecular flexibility index (Phi) is 8.37. The van der Waals surface area contributed by atoms with Crippen LogP contribution < -0.4 is 15.6 Å². The number of para-hydroxylation sites is 1. The number of benzene rings is 1. The number of aromatic nitrogens is 1. The Morgan fingerprint density at radius 3 is 2.69 bits per heavy atom. The van der Waals surface area contributed by atoms with Crippen molar-refractivity contribution in [3.05, 3.63) is 51.9 Å². The largest absolute Gasteiger partial charge is 0.504 e. The third kappa shape index (κ3) is 5.89. The fourth-order valence-corrected chi connectivity index (χ4v) is 3.20. The van der Waals surface area contributed by atoms with Crippen molar-refractivity contribution in [1.29, 1.82) is 0 Å². The number of anilines is 1. The van der Waals surface area contributed by atoms with E-state index in [1.165, 1.54) is 11.1 Å². The minimum absolute atomic E-state index is 0.000873. The molecule has 158 valence electrons. The Balaban J connectivity index is 2.25. The van der Waals surface area contributed by atoms with Gasteiger partial charge in [0, 0.05) is 19.0 Å². The maximum absolute atomic E-state index is 12.8. The zero-order valence-electron chi connectivity index (χ0n) is 18.3. The fraction of sp³-hybridized carbons (Fsp3) is 0.458. The topological polar surface area (TPSA) is 63.5 Å². The van der Waals surface area contributed by atoms with Crippen LogP contribution in [0.4, 0.5) is 5.69 Å². The summed E-state index contributed by atoms with van der Waals surface area (Å²) in [5.41, 5.74) is 3.69. The molecule has 1 aromatic heterocycles. The van der Waals surface area contributed by atoms with Gasteiger partial charge in [0.1, 0.15) is 6.61 Å². The monoisotopic (exact) mass is 398 g/mol. The number of pyridine rings is 1. The van der Waals surface area contributed by atoms with Gasteiger partial charge in [0.2, 0.25) is 5.75 Å². The van der Waals surface area contributed by atoms with Crippen molar-refractivity contribution in [2.75, 3.05) is 18.5 Å². The predicted octanol–water partition coefficient (Wildman–Crippen LogP) is 5.53. The van der Waals surface area contributed by atoms with Crippen LogP contribution in [-0.2, 0) is 7.05 Å². The van der Waals surface area contributed by atoms with Gasteiger partial charge in [0.15, 0.2) is 5.75 Å². The minimum Gasteiger partial charge on any atom is -0.504 e. The van der Waals surface area contributed by atoms with Gasteiger partial charge in [-0.1, -0.05) is 36.6 Å². The van der Waals surface area contributed by atoms with Gasteiger partial charge in [-0.25, -0.2) is 0 Å². The van der Waals surface area contributed by atoms with E-state index in [1.54, 1.807) is 11.6 Å². The lowest BCUT2D eigenvalue weighted by molar-refractivity contribution is 0.330. The SMILES string of the molecule is CCCCNc1cccc2c(O)c(OC/C=C(\C)CCC=C(C)C)c(=O)n(C)c12. The third-order valence-corrected chi connectivity index (χ3v) is 4.94. The van der Waals surface area contributed by atoms with E-state index in [2.05, 4.69) is 39.1 Å². The average molecular weight is 399 g/mol. The van der Waals surface area contributed by atoms with Crippen molar-refractivity contribution < 1.29 is 9.84 Å². The van der Waals surface area contributed by atoms with Crippen molar-refractivity contribution in [3.8, 4) is 11.5 Å². The number of hydrogen-bond donors (Lipinski definition) is 2. The van der Waals surface area contributed by atoms with Crippen LogP contribution in [0.25, 0.3) is 10.9 Å². The normalized spacial score (nSPS) is 11.6. The first-order chi connectivity index (χ1) is 13.9. The number of nitrogens with zero attached hydrogens (tertiary/aromatic N) is 1. The first kappa shape index (κ1) is 22.6. The second kappa shape index (κ2) is 10.7. The van der Waals surface area contributed by atoms with E-state index < -0.39 is 0 Å². The number of unbranched alkanes of at least 4 members (excludes halogenated alkanes) is 1. The lowest BCUT2D eigenvalue weighted by Crippen LogP contribution is -2.21. The summed E-state index contributed by atoms with van der Waals surface area (Å²) < 4.78 is 7.24. The van der Waals surface area contributed by atoms with Gasteiger partial charge in [-0.05, 0) is 58.2 Å². The van der Waals surface area contributed by atoms with Crippen molar-refractivity contribution in [3.63, 3.8) is 0 Å². The Hall–Kier alpha value is -2.69. The van der Waals surface area contributed by atoms with Crippen molar-refractivity contribution >= 4 is 16.6 Å². The second-order valence-electron chi connectivity index (χ2n) is 7.71. The minimum atomic E-state index is -0.338. The summed E-state index contributed by atoms with van der Waals surface area (Å²) in [7, 11) is 1.71. The Bertz CT molecular complexity index is 951. The molecule has 0 aliphatic heterocycles. The summed E-state index contributed by atoms with van der Waals surface area (Å²) >= 11 is 0. The molecule has 1 aromatic carbocycles. The molecule has 0 fully saturated rings. The molecule has 0 saturated carbocycles. The van der Waals surface area contributed by atoms with Crippen molar-refractivity contribution in [1.82, 2.24) is 4.57 Å². The highest BCUT2D eigenvalue weighted by atomic mass is 16.5. The van der Waals surface area contributed by atoms with Crippen LogP contribution >= 0.6 is 0 Å². The van der Waals surface area contributed by atoms with E-state index in [9.17, 15) is 9.90 Å². The van der Waals surface area contributed by atoms with Crippen LogP contribution in [0.3, 0.4) is 0 Å². The Morgan fingerprint density at radius 1 is 1.24 bits per heavy atom.